The van der Waals surface area contributed by atoms with Crippen molar-refractivity contribution in [1.82, 2.24) is 0 Å². The molecule has 1 aliphatic rings. The highest BCUT2D eigenvalue weighted by molar-refractivity contribution is 5.41. The van der Waals surface area contributed by atoms with Crippen molar-refractivity contribution in [3.63, 3.8) is 0 Å². The zero-order valence-corrected chi connectivity index (χ0v) is 12.6. The van der Waals surface area contributed by atoms with Gasteiger partial charge in [0.25, 0.3) is 0 Å². The van der Waals surface area contributed by atoms with Crippen LogP contribution in [0.5, 0.6) is 5.75 Å². The molecule has 0 aromatic heterocycles. The first-order valence-corrected chi connectivity index (χ1v) is 7.00. The molecule has 112 valence electrons. The summed E-state index contributed by atoms with van der Waals surface area (Å²) in [6.45, 7) is 13.1. The number of allylic oxidation sites excluding steroid dienone is 3. The molecular weight excluding hydrogens is 264 g/mol. The van der Waals surface area contributed by atoms with Crippen molar-refractivity contribution in [3.05, 3.63) is 66.5 Å². The predicted octanol–water partition coefficient (Wildman–Crippen LogP) is 3.93. The molecule has 1 aliphatic heterocycles. The molecule has 3 nitrogen and oxygen atoms in total. The summed E-state index contributed by atoms with van der Waals surface area (Å²) in [4.78, 5) is 0. The van der Waals surface area contributed by atoms with E-state index >= 15 is 0 Å². The average Bonchev–Trinajstić information content (AvgIpc) is 3.27. The highest BCUT2D eigenvalue weighted by atomic mass is 16.6. The smallest absolute Gasteiger partial charge is 0.119 e. The molecule has 1 aromatic carbocycles. The molecule has 3 heteroatoms. The zero-order valence-electron chi connectivity index (χ0n) is 12.6. The van der Waals surface area contributed by atoms with E-state index in [1.807, 2.05) is 24.3 Å². The Labute approximate surface area is 126 Å². The largest absolute Gasteiger partial charge is 0.509 e. The van der Waals surface area contributed by atoms with Gasteiger partial charge in [-0.1, -0.05) is 45.2 Å². The minimum Gasteiger partial charge on any atom is -0.509 e. The van der Waals surface area contributed by atoms with Crippen LogP contribution >= 0.6 is 0 Å². The fourth-order valence-electron chi connectivity index (χ4n) is 1.91. The SMILES string of the molecule is C=C(O)/C=C\C(=C)C(C)(C)c1ccc(OCC2CO2)cc1. The van der Waals surface area contributed by atoms with Gasteiger partial charge in [0, 0.05) is 5.41 Å². The quantitative estimate of drug-likeness (QED) is 0.469. The summed E-state index contributed by atoms with van der Waals surface area (Å²) in [6.07, 6.45) is 3.60. The fraction of sp³-hybridized carbons (Fsp3) is 0.333. The van der Waals surface area contributed by atoms with Crippen molar-refractivity contribution in [2.24, 2.45) is 0 Å². The van der Waals surface area contributed by atoms with Crippen LogP contribution in [-0.4, -0.2) is 24.4 Å². The van der Waals surface area contributed by atoms with Gasteiger partial charge in [0.2, 0.25) is 0 Å². The lowest BCUT2D eigenvalue weighted by Gasteiger charge is -2.26. The minimum absolute atomic E-state index is 0.0259. The lowest BCUT2D eigenvalue weighted by atomic mass is 9.78. The molecule has 1 aromatic rings. The second-order valence-corrected chi connectivity index (χ2v) is 5.77. The molecule has 1 heterocycles. The lowest BCUT2D eigenvalue weighted by molar-refractivity contribution is 0.263. The topological polar surface area (TPSA) is 42.0 Å². The first-order valence-electron chi connectivity index (χ1n) is 7.00. The monoisotopic (exact) mass is 286 g/mol. The average molecular weight is 286 g/mol. The van der Waals surface area contributed by atoms with Crippen LogP contribution in [0, 0.1) is 0 Å². The van der Waals surface area contributed by atoms with E-state index in [4.69, 9.17) is 14.6 Å². The van der Waals surface area contributed by atoms with Crippen molar-refractivity contribution in [1.29, 1.82) is 0 Å². The highest BCUT2D eigenvalue weighted by Crippen LogP contribution is 2.32. The van der Waals surface area contributed by atoms with E-state index in [-0.39, 0.29) is 17.3 Å². The van der Waals surface area contributed by atoms with Crippen molar-refractivity contribution >= 4 is 0 Å². The van der Waals surface area contributed by atoms with E-state index < -0.39 is 0 Å². The third-order valence-corrected chi connectivity index (χ3v) is 3.69. The molecule has 1 N–H and O–H groups in total. The third-order valence-electron chi connectivity index (χ3n) is 3.69. The van der Waals surface area contributed by atoms with Gasteiger partial charge in [0.15, 0.2) is 0 Å². The van der Waals surface area contributed by atoms with Crippen molar-refractivity contribution in [2.75, 3.05) is 13.2 Å². The number of hydrogen-bond donors (Lipinski definition) is 1. The molecule has 0 radical (unpaired) electrons. The standard InChI is InChI=1S/C18H22O3/c1-13(5-6-14(2)19)18(3,4)15-7-9-16(10-8-15)20-11-17-12-21-17/h5-10,17,19H,1-2,11-12H2,3-4H3/b6-5-. The molecule has 0 aliphatic carbocycles. The van der Waals surface area contributed by atoms with Gasteiger partial charge in [-0.25, -0.2) is 0 Å². The lowest BCUT2D eigenvalue weighted by Crippen LogP contribution is -2.18. The number of rotatable bonds is 7. The summed E-state index contributed by atoms with van der Waals surface area (Å²) in [7, 11) is 0. The van der Waals surface area contributed by atoms with Gasteiger partial charge in [0.05, 0.1) is 6.61 Å². The van der Waals surface area contributed by atoms with Crippen molar-refractivity contribution in [2.45, 2.75) is 25.4 Å². The summed E-state index contributed by atoms with van der Waals surface area (Å²) >= 11 is 0. The van der Waals surface area contributed by atoms with E-state index in [0.717, 1.165) is 23.5 Å². The van der Waals surface area contributed by atoms with E-state index in [2.05, 4.69) is 27.0 Å². The summed E-state index contributed by atoms with van der Waals surface area (Å²) in [6, 6.07) is 7.99. The van der Waals surface area contributed by atoms with Gasteiger partial charge in [-0.15, -0.1) is 0 Å². The number of benzene rings is 1. The van der Waals surface area contributed by atoms with E-state index in [1.165, 1.54) is 0 Å². The zero-order chi connectivity index (χ0) is 15.5. The number of aliphatic hydroxyl groups excluding tert-OH is 1. The first kappa shape index (κ1) is 15.4. The molecule has 2 rings (SSSR count). The van der Waals surface area contributed by atoms with Crippen molar-refractivity contribution in [3.8, 4) is 5.75 Å². The number of ether oxygens (including phenoxy) is 2. The maximum atomic E-state index is 9.13. The van der Waals surface area contributed by atoms with Crippen LogP contribution < -0.4 is 4.74 Å². The molecule has 1 saturated heterocycles. The Balaban J connectivity index is 2.04. The van der Waals surface area contributed by atoms with E-state index in [0.29, 0.717) is 6.61 Å². The van der Waals surface area contributed by atoms with Crippen LogP contribution in [0.3, 0.4) is 0 Å². The van der Waals surface area contributed by atoms with Crippen molar-refractivity contribution < 1.29 is 14.6 Å². The number of epoxide rings is 1. The first-order chi connectivity index (χ1) is 9.89. The summed E-state index contributed by atoms with van der Waals surface area (Å²) in [5, 5.41) is 9.13. The minimum atomic E-state index is -0.232. The second-order valence-electron chi connectivity index (χ2n) is 5.77. The normalized spacial score (nSPS) is 17.7. The van der Waals surface area contributed by atoms with Crippen LogP contribution in [0.2, 0.25) is 0 Å². The molecule has 0 spiro atoms. The van der Waals surface area contributed by atoms with Crippen LogP contribution in [0.25, 0.3) is 0 Å². The van der Waals surface area contributed by atoms with Gasteiger partial charge in [0.1, 0.15) is 24.2 Å². The molecule has 0 bridgehead atoms. The summed E-state index contributed by atoms with van der Waals surface area (Å²) in [5.41, 5.74) is 1.80. The molecule has 0 amide bonds. The number of aliphatic hydroxyl groups is 1. The molecule has 21 heavy (non-hydrogen) atoms. The Kier molecular flexibility index (Phi) is 4.53. The van der Waals surface area contributed by atoms with E-state index in [9.17, 15) is 0 Å². The Hall–Kier alpha value is -2.00. The third kappa shape index (κ3) is 4.23. The Morgan fingerprint density at radius 2 is 1.95 bits per heavy atom. The predicted molar refractivity (Wildman–Crippen MR) is 84.8 cm³/mol. The van der Waals surface area contributed by atoms with E-state index in [1.54, 1.807) is 12.2 Å². The van der Waals surface area contributed by atoms with Crippen LogP contribution in [0.4, 0.5) is 0 Å². The summed E-state index contributed by atoms with van der Waals surface area (Å²) in [5.74, 6) is 0.868. The highest BCUT2D eigenvalue weighted by Gasteiger charge is 2.24. The summed E-state index contributed by atoms with van der Waals surface area (Å²) < 4.78 is 10.7. The molecule has 0 saturated carbocycles. The number of hydrogen-bond acceptors (Lipinski definition) is 3. The fourth-order valence-corrected chi connectivity index (χ4v) is 1.91. The maximum absolute atomic E-state index is 9.13. The Bertz CT molecular complexity index is 548. The van der Waals surface area contributed by atoms with Crippen LogP contribution in [0.15, 0.2) is 60.9 Å². The maximum Gasteiger partial charge on any atom is 0.119 e. The van der Waals surface area contributed by atoms with Crippen LogP contribution in [0.1, 0.15) is 19.4 Å². The van der Waals surface area contributed by atoms with Gasteiger partial charge in [-0.2, -0.15) is 0 Å². The Morgan fingerprint density at radius 1 is 1.33 bits per heavy atom. The van der Waals surface area contributed by atoms with Gasteiger partial charge in [-0.05, 0) is 29.3 Å². The van der Waals surface area contributed by atoms with Crippen LogP contribution in [-0.2, 0) is 10.2 Å². The second kappa shape index (κ2) is 6.19. The van der Waals surface area contributed by atoms with Gasteiger partial charge >= 0.3 is 0 Å². The Morgan fingerprint density at radius 3 is 2.48 bits per heavy atom. The molecular formula is C18H22O3. The molecule has 1 fully saturated rings. The van der Waals surface area contributed by atoms with Gasteiger partial charge < -0.3 is 14.6 Å². The molecule has 1 atom stereocenters. The molecule has 1 unspecified atom stereocenters. The van der Waals surface area contributed by atoms with Gasteiger partial charge in [-0.3, -0.25) is 0 Å².